The van der Waals surface area contributed by atoms with E-state index < -0.39 is 10.0 Å². The lowest BCUT2D eigenvalue weighted by atomic mass is 10.1. The van der Waals surface area contributed by atoms with Gasteiger partial charge < -0.3 is 5.32 Å². The van der Waals surface area contributed by atoms with Crippen molar-refractivity contribution in [2.75, 3.05) is 25.4 Å². The monoisotopic (exact) mass is 248 g/mol. The lowest BCUT2D eigenvalue weighted by Crippen LogP contribution is -2.48. The number of unbranched alkanes of at least 4 members (excludes halogenated alkanes) is 1. The molecule has 1 heterocycles. The largest absolute Gasteiger partial charge is 0.310 e. The van der Waals surface area contributed by atoms with E-state index >= 15 is 0 Å². The first kappa shape index (κ1) is 13.9. The summed E-state index contributed by atoms with van der Waals surface area (Å²) in [5.74, 6) is 0.291. The highest BCUT2D eigenvalue weighted by Gasteiger charge is 2.30. The van der Waals surface area contributed by atoms with E-state index in [0.717, 1.165) is 25.8 Å². The standard InChI is InChI=1S/C11H24N2O2S/c1-4-5-9-16(14,15)13-8-6-7-12-11(2,3)10-13/h12H,4-10H2,1-3H3. The van der Waals surface area contributed by atoms with Crippen LogP contribution in [0.25, 0.3) is 0 Å². The molecule has 1 aliphatic heterocycles. The maximum Gasteiger partial charge on any atom is 0.214 e. The lowest BCUT2D eigenvalue weighted by molar-refractivity contribution is 0.326. The lowest BCUT2D eigenvalue weighted by Gasteiger charge is -2.29. The van der Waals surface area contributed by atoms with Crippen LogP contribution in [0.4, 0.5) is 0 Å². The van der Waals surface area contributed by atoms with Crippen LogP contribution in [0, 0.1) is 0 Å². The van der Waals surface area contributed by atoms with Crippen LogP contribution >= 0.6 is 0 Å². The van der Waals surface area contributed by atoms with E-state index in [-0.39, 0.29) is 5.54 Å². The van der Waals surface area contributed by atoms with Crippen molar-refractivity contribution in [3.63, 3.8) is 0 Å². The summed E-state index contributed by atoms with van der Waals surface area (Å²) in [5, 5.41) is 3.37. The van der Waals surface area contributed by atoms with Gasteiger partial charge in [-0.3, -0.25) is 0 Å². The second-order valence-corrected chi connectivity index (χ2v) is 7.26. The third-order valence-electron chi connectivity index (χ3n) is 2.91. The molecule has 1 rings (SSSR count). The first-order chi connectivity index (χ1) is 7.37. The molecule has 5 heteroatoms. The molecule has 0 aromatic heterocycles. The van der Waals surface area contributed by atoms with Crippen molar-refractivity contribution in [2.24, 2.45) is 0 Å². The average molecular weight is 248 g/mol. The number of sulfonamides is 1. The number of rotatable bonds is 4. The molecule has 1 fully saturated rings. The van der Waals surface area contributed by atoms with Gasteiger partial charge in [0.2, 0.25) is 10.0 Å². The number of nitrogens with zero attached hydrogens (tertiary/aromatic N) is 1. The van der Waals surface area contributed by atoms with E-state index in [1.807, 2.05) is 6.92 Å². The van der Waals surface area contributed by atoms with E-state index in [0.29, 0.717) is 18.8 Å². The van der Waals surface area contributed by atoms with E-state index in [9.17, 15) is 8.42 Å². The van der Waals surface area contributed by atoms with E-state index in [1.165, 1.54) is 0 Å². The van der Waals surface area contributed by atoms with Gasteiger partial charge in [0.25, 0.3) is 0 Å². The van der Waals surface area contributed by atoms with Gasteiger partial charge in [-0.15, -0.1) is 0 Å². The van der Waals surface area contributed by atoms with Crippen LogP contribution in [0.1, 0.15) is 40.0 Å². The zero-order valence-corrected chi connectivity index (χ0v) is 11.4. The van der Waals surface area contributed by atoms with Gasteiger partial charge in [-0.25, -0.2) is 12.7 Å². The van der Waals surface area contributed by atoms with Gasteiger partial charge in [0, 0.05) is 18.6 Å². The van der Waals surface area contributed by atoms with Crippen molar-refractivity contribution in [3.05, 3.63) is 0 Å². The summed E-state index contributed by atoms with van der Waals surface area (Å²) in [6, 6.07) is 0. The van der Waals surface area contributed by atoms with Gasteiger partial charge in [0.05, 0.1) is 5.75 Å². The van der Waals surface area contributed by atoms with E-state index in [2.05, 4.69) is 19.2 Å². The fourth-order valence-electron chi connectivity index (χ4n) is 1.95. The predicted molar refractivity (Wildman–Crippen MR) is 67.0 cm³/mol. The quantitative estimate of drug-likeness (QED) is 0.813. The molecule has 96 valence electrons. The zero-order chi connectivity index (χ0) is 12.2. The molecule has 0 bridgehead atoms. The Labute approximate surface area is 99.5 Å². The summed E-state index contributed by atoms with van der Waals surface area (Å²) in [5.41, 5.74) is -0.115. The minimum absolute atomic E-state index is 0.115. The normalized spacial score (nSPS) is 22.9. The molecule has 1 saturated heterocycles. The summed E-state index contributed by atoms with van der Waals surface area (Å²) in [4.78, 5) is 0. The maximum atomic E-state index is 12.1. The number of nitrogens with one attached hydrogen (secondary N) is 1. The molecule has 0 spiro atoms. The Morgan fingerprint density at radius 1 is 1.38 bits per heavy atom. The van der Waals surface area contributed by atoms with Crippen molar-refractivity contribution in [1.82, 2.24) is 9.62 Å². The molecule has 16 heavy (non-hydrogen) atoms. The molecule has 0 unspecified atom stereocenters. The molecule has 0 aliphatic carbocycles. The van der Waals surface area contributed by atoms with Gasteiger partial charge in [0.1, 0.15) is 0 Å². The van der Waals surface area contributed by atoms with Crippen molar-refractivity contribution >= 4 is 10.0 Å². The number of hydrogen-bond acceptors (Lipinski definition) is 3. The summed E-state index contributed by atoms with van der Waals surface area (Å²) in [6.07, 6.45) is 2.58. The summed E-state index contributed by atoms with van der Waals surface area (Å²) in [6.45, 7) is 8.26. The highest BCUT2D eigenvalue weighted by molar-refractivity contribution is 7.89. The molecule has 0 radical (unpaired) electrons. The molecular weight excluding hydrogens is 224 g/mol. The van der Waals surface area contributed by atoms with Crippen LogP contribution in [0.15, 0.2) is 0 Å². The molecule has 0 amide bonds. The van der Waals surface area contributed by atoms with Crippen molar-refractivity contribution in [2.45, 2.75) is 45.6 Å². The van der Waals surface area contributed by atoms with Crippen molar-refractivity contribution < 1.29 is 8.42 Å². The second kappa shape index (κ2) is 5.47. The van der Waals surface area contributed by atoms with Crippen LogP contribution in [0.5, 0.6) is 0 Å². The average Bonchev–Trinajstić information content (AvgIpc) is 2.36. The molecule has 0 atom stereocenters. The molecule has 1 N–H and O–H groups in total. The number of hydrogen-bond donors (Lipinski definition) is 1. The molecule has 0 aromatic carbocycles. The van der Waals surface area contributed by atoms with Crippen LogP contribution in [-0.2, 0) is 10.0 Å². The van der Waals surface area contributed by atoms with Gasteiger partial charge in [0.15, 0.2) is 0 Å². The Hall–Kier alpha value is -0.130. The third kappa shape index (κ3) is 4.03. The fourth-order valence-corrected chi connectivity index (χ4v) is 3.79. The van der Waals surface area contributed by atoms with E-state index in [4.69, 9.17) is 0 Å². The highest BCUT2D eigenvalue weighted by atomic mass is 32.2. The minimum atomic E-state index is -3.05. The highest BCUT2D eigenvalue weighted by Crippen LogP contribution is 2.15. The van der Waals surface area contributed by atoms with Gasteiger partial charge in [-0.2, -0.15) is 0 Å². The van der Waals surface area contributed by atoms with Gasteiger partial charge >= 0.3 is 0 Å². The van der Waals surface area contributed by atoms with Crippen LogP contribution in [0.3, 0.4) is 0 Å². The Morgan fingerprint density at radius 2 is 2.06 bits per heavy atom. The van der Waals surface area contributed by atoms with Crippen LogP contribution < -0.4 is 5.32 Å². The summed E-state index contributed by atoms with van der Waals surface area (Å²) in [7, 11) is -3.05. The third-order valence-corrected chi connectivity index (χ3v) is 4.81. The Kier molecular flexibility index (Phi) is 4.76. The second-order valence-electron chi connectivity index (χ2n) is 5.17. The molecule has 0 saturated carbocycles. The maximum absolute atomic E-state index is 12.1. The molecular formula is C11H24N2O2S. The topological polar surface area (TPSA) is 49.4 Å². The smallest absolute Gasteiger partial charge is 0.214 e. The molecule has 1 aliphatic rings. The Morgan fingerprint density at radius 3 is 2.69 bits per heavy atom. The van der Waals surface area contributed by atoms with Crippen LogP contribution in [0.2, 0.25) is 0 Å². The summed E-state index contributed by atoms with van der Waals surface area (Å²) < 4.78 is 25.8. The SMILES string of the molecule is CCCCS(=O)(=O)N1CCCNC(C)(C)C1. The minimum Gasteiger partial charge on any atom is -0.310 e. The fraction of sp³-hybridized carbons (Fsp3) is 1.00. The summed E-state index contributed by atoms with van der Waals surface area (Å²) >= 11 is 0. The van der Waals surface area contributed by atoms with Crippen LogP contribution in [-0.4, -0.2) is 43.6 Å². The molecule has 0 aromatic rings. The first-order valence-electron chi connectivity index (χ1n) is 6.10. The van der Waals surface area contributed by atoms with Gasteiger partial charge in [-0.1, -0.05) is 13.3 Å². The molecule has 4 nitrogen and oxygen atoms in total. The van der Waals surface area contributed by atoms with Gasteiger partial charge in [-0.05, 0) is 33.2 Å². The predicted octanol–water partition coefficient (Wildman–Crippen LogP) is 1.19. The Balaban J connectivity index is 2.70. The Bertz CT molecular complexity index is 312. The van der Waals surface area contributed by atoms with E-state index in [1.54, 1.807) is 4.31 Å². The zero-order valence-electron chi connectivity index (χ0n) is 10.6. The first-order valence-corrected chi connectivity index (χ1v) is 7.71. The van der Waals surface area contributed by atoms with Crippen molar-refractivity contribution in [3.8, 4) is 0 Å². The van der Waals surface area contributed by atoms with Crippen molar-refractivity contribution in [1.29, 1.82) is 0 Å².